The second-order valence-electron chi connectivity index (χ2n) is 8.77. The molecule has 0 bridgehead atoms. The van der Waals surface area contributed by atoms with Crippen LogP contribution in [0.4, 0.5) is 0 Å². The zero-order valence-corrected chi connectivity index (χ0v) is 19.6. The molecule has 0 aliphatic heterocycles. The molecule has 0 aliphatic rings. The predicted molar refractivity (Wildman–Crippen MR) is 121 cm³/mol. The monoisotopic (exact) mass is 430 g/mol. The third kappa shape index (κ3) is 7.24. The molecule has 0 atom stereocenters. The van der Waals surface area contributed by atoms with Crippen molar-refractivity contribution in [3.05, 3.63) is 59.4 Å². The van der Waals surface area contributed by atoms with Crippen molar-refractivity contribution in [3.8, 4) is 0 Å². The van der Waals surface area contributed by atoms with Crippen LogP contribution in [-0.2, 0) is 15.6 Å². The van der Waals surface area contributed by atoms with Gasteiger partial charge in [-0.1, -0.05) is 45.4 Å². The maximum absolute atomic E-state index is 13.0. The van der Waals surface area contributed by atoms with Crippen molar-refractivity contribution in [1.82, 2.24) is 9.88 Å². The van der Waals surface area contributed by atoms with Gasteiger partial charge in [-0.25, -0.2) is 8.42 Å². The molecule has 1 heterocycles. The van der Waals surface area contributed by atoms with Gasteiger partial charge in [-0.15, -0.1) is 0 Å². The molecule has 5 nitrogen and oxygen atoms in total. The molecule has 0 unspecified atom stereocenters. The maximum Gasteiger partial charge on any atom is 0.255 e. The number of pyridine rings is 1. The van der Waals surface area contributed by atoms with Gasteiger partial charge in [-0.3, -0.25) is 9.78 Å². The lowest BCUT2D eigenvalue weighted by Crippen LogP contribution is -2.34. The first kappa shape index (κ1) is 24.1. The van der Waals surface area contributed by atoms with E-state index in [2.05, 4.69) is 32.7 Å². The molecule has 0 saturated heterocycles. The maximum atomic E-state index is 13.0. The first-order valence-corrected chi connectivity index (χ1v) is 12.3. The second-order valence-corrected chi connectivity index (χ2v) is 10.8. The SMILES string of the molecule is Cc1ccc(S(=O)(=O)Cc2ccc(C(=O)N(CCC(C)C)CCC(C)C)cn2)cc1. The lowest BCUT2D eigenvalue weighted by atomic mass is 10.1. The molecule has 6 heteroatoms. The molecule has 2 aromatic rings. The van der Waals surface area contributed by atoms with Crippen molar-refractivity contribution >= 4 is 15.7 Å². The molecule has 2 rings (SSSR count). The Morgan fingerprint density at radius 3 is 1.97 bits per heavy atom. The zero-order valence-electron chi connectivity index (χ0n) is 18.8. The molecule has 1 amide bonds. The van der Waals surface area contributed by atoms with Gasteiger partial charge in [0, 0.05) is 19.3 Å². The van der Waals surface area contributed by atoms with Crippen LogP contribution in [0, 0.1) is 18.8 Å². The number of hydrogen-bond donors (Lipinski definition) is 0. The topological polar surface area (TPSA) is 67.3 Å². The van der Waals surface area contributed by atoms with Gasteiger partial charge in [0.25, 0.3) is 5.91 Å². The molecule has 0 N–H and O–H groups in total. The van der Waals surface area contributed by atoms with Gasteiger partial charge in [-0.05, 0) is 55.9 Å². The van der Waals surface area contributed by atoms with Crippen LogP contribution in [0.5, 0.6) is 0 Å². The minimum Gasteiger partial charge on any atom is -0.339 e. The number of nitrogens with zero attached hydrogens (tertiary/aromatic N) is 2. The molecule has 0 saturated carbocycles. The molecular weight excluding hydrogens is 396 g/mol. The van der Waals surface area contributed by atoms with E-state index in [1.165, 1.54) is 6.20 Å². The number of carbonyl (C=O) groups is 1. The molecule has 0 aliphatic carbocycles. The summed E-state index contributed by atoms with van der Waals surface area (Å²) in [6.45, 7) is 11.9. The highest BCUT2D eigenvalue weighted by Gasteiger charge is 2.19. The molecule has 164 valence electrons. The Morgan fingerprint density at radius 2 is 1.50 bits per heavy atom. The Hall–Kier alpha value is -2.21. The van der Waals surface area contributed by atoms with Crippen LogP contribution in [0.1, 0.15) is 62.2 Å². The number of rotatable bonds is 10. The highest BCUT2D eigenvalue weighted by molar-refractivity contribution is 7.90. The van der Waals surface area contributed by atoms with Crippen molar-refractivity contribution in [1.29, 1.82) is 0 Å². The summed E-state index contributed by atoms with van der Waals surface area (Å²) in [5.41, 5.74) is 1.94. The molecular formula is C24H34N2O3S. The van der Waals surface area contributed by atoms with Crippen LogP contribution in [0.15, 0.2) is 47.5 Å². The minimum atomic E-state index is -3.47. The average Bonchev–Trinajstić information content (AvgIpc) is 2.68. The predicted octanol–water partition coefficient (Wildman–Crippen LogP) is 4.90. The van der Waals surface area contributed by atoms with E-state index in [0.29, 0.717) is 36.2 Å². The van der Waals surface area contributed by atoms with Crippen molar-refractivity contribution < 1.29 is 13.2 Å². The van der Waals surface area contributed by atoms with Crippen LogP contribution in [0.25, 0.3) is 0 Å². The van der Waals surface area contributed by atoms with Gasteiger partial charge in [0.1, 0.15) is 0 Å². The molecule has 0 spiro atoms. The summed E-state index contributed by atoms with van der Waals surface area (Å²) in [5, 5.41) is 0. The van der Waals surface area contributed by atoms with E-state index in [0.717, 1.165) is 18.4 Å². The summed E-state index contributed by atoms with van der Waals surface area (Å²) >= 11 is 0. The summed E-state index contributed by atoms with van der Waals surface area (Å²) in [5.74, 6) is 0.810. The molecule has 1 aromatic carbocycles. The van der Waals surface area contributed by atoms with Gasteiger partial charge in [0.2, 0.25) is 0 Å². The number of hydrogen-bond acceptors (Lipinski definition) is 4. The fourth-order valence-electron chi connectivity index (χ4n) is 2.99. The Labute approximate surface area is 181 Å². The summed E-state index contributed by atoms with van der Waals surface area (Å²) in [6.07, 6.45) is 3.40. The van der Waals surface area contributed by atoms with Crippen LogP contribution in [0.3, 0.4) is 0 Å². The second kappa shape index (κ2) is 10.7. The van der Waals surface area contributed by atoms with Gasteiger partial charge in [-0.2, -0.15) is 0 Å². The smallest absolute Gasteiger partial charge is 0.255 e. The summed E-state index contributed by atoms with van der Waals surface area (Å²) in [4.78, 5) is 19.4. The fourth-order valence-corrected chi connectivity index (χ4v) is 4.26. The van der Waals surface area contributed by atoms with Crippen LogP contribution >= 0.6 is 0 Å². The Bertz CT molecular complexity index is 906. The number of aryl methyl sites for hydroxylation is 1. The van der Waals surface area contributed by atoms with Gasteiger partial charge < -0.3 is 4.90 Å². The number of carbonyl (C=O) groups excluding carboxylic acids is 1. The van der Waals surface area contributed by atoms with E-state index in [1.54, 1.807) is 36.4 Å². The largest absolute Gasteiger partial charge is 0.339 e. The van der Waals surface area contributed by atoms with Crippen molar-refractivity contribution in [2.45, 2.75) is 58.1 Å². The fraction of sp³-hybridized carbons (Fsp3) is 0.500. The molecule has 0 fully saturated rings. The lowest BCUT2D eigenvalue weighted by molar-refractivity contribution is 0.0740. The molecule has 1 aromatic heterocycles. The summed E-state index contributed by atoms with van der Waals surface area (Å²) in [6, 6.07) is 10.1. The van der Waals surface area contributed by atoms with Crippen molar-refractivity contribution in [2.24, 2.45) is 11.8 Å². The summed E-state index contributed by atoms with van der Waals surface area (Å²) < 4.78 is 25.2. The molecule has 30 heavy (non-hydrogen) atoms. The highest BCUT2D eigenvalue weighted by atomic mass is 32.2. The van der Waals surface area contributed by atoms with Gasteiger partial charge in [0.15, 0.2) is 9.84 Å². The zero-order chi connectivity index (χ0) is 22.3. The normalized spacial score (nSPS) is 11.8. The van der Waals surface area contributed by atoms with Crippen LogP contribution < -0.4 is 0 Å². The van der Waals surface area contributed by atoms with Crippen LogP contribution in [0.2, 0.25) is 0 Å². The van der Waals surface area contributed by atoms with E-state index >= 15 is 0 Å². The number of aromatic nitrogens is 1. The van der Waals surface area contributed by atoms with E-state index in [1.807, 2.05) is 11.8 Å². The number of sulfone groups is 1. The first-order chi connectivity index (χ1) is 14.1. The third-order valence-electron chi connectivity index (χ3n) is 5.03. The first-order valence-electron chi connectivity index (χ1n) is 10.6. The van der Waals surface area contributed by atoms with E-state index in [9.17, 15) is 13.2 Å². The van der Waals surface area contributed by atoms with E-state index in [-0.39, 0.29) is 16.6 Å². The third-order valence-corrected chi connectivity index (χ3v) is 6.70. The Kier molecular flexibility index (Phi) is 8.59. The Morgan fingerprint density at radius 1 is 0.933 bits per heavy atom. The van der Waals surface area contributed by atoms with Gasteiger partial charge >= 0.3 is 0 Å². The van der Waals surface area contributed by atoms with E-state index < -0.39 is 9.84 Å². The van der Waals surface area contributed by atoms with Crippen molar-refractivity contribution in [3.63, 3.8) is 0 Å². The van der Waals surface area contributed by atoms with Crippen LogP contribution in [-0.4, -0.2) is 37.3 Å². The standard InChI is InChI=1S/C24H34N2O3S/c1-18(2)12-14-26(15-13-19(3)4)24(27)21-8-9-22(25-16-21)17-30(28,29)23-10-6-20(5)7-11-23/h6-11,16,18-19H,12-15,17H2,1-5H3. The lowest BCUT2D eigenvalue weighted by Gasteiger charge is -2.24. The van der Waals surface area contributed by atoms with E-state index in [4.69, 9.17) is 0 Å². The molecule has 0 radical (unpaired) electrons. The average molecular weight is 431 g/mol. The summed E-state index contributed by atoms with van der Waals surface area (Å²) in [7, 11) is -3.47. The number of benzene rings is 1. The Balaban J connectivity index is 2.11. The van der Waals surface area contributed by atoms with Crippen molar-refractivity contribution in [2.75, 3.05) is 13.1 Å². The number of amides is 1. The minimum absolute atomic E-state index is 0.0447. The van der Waals surface area contributed by atoms with Gasteiger partial charge in [0.05, 0.1) is 21.9 Å². The quantitative estimate of drug-likeness (QED) is 0.538. The highest BCUT2D eigenvalue weighted by Crippen LogP contribution is 2.17.